The number of carbonyl (C=O) groups is 1. The summed E-state index contributed by atoms with van der Waals surface area (Å²) < 4.78 is 4.43. The Bertz CT molecular complexity index is 510. The molecule has 5 heteroatoms. The number of hydrogen-bond donors (Lipinski definition) is 3. The molecule has 0 saturated carbocycles. The largest absolute Gasteiger partial charge is 0.469 e. The van der Waals surface area contributed by atoms with Crippen molar-refractivity contribution in [3.8, 4) is 11.8 Å². The lowest BCUT2D eigenvalue weighted by Gasteiger charge is -2.09. The number of rotatable bonds is 12. The van der Waals surface area contributed by atoms with E-state index in [2.05, 4.69) is 29.6 Å². The van der Waals surface area contributed by atoms with Crippen LogP contribution in [0.15, 0.2) is 36.5 Å². The van der Waals surface area contributed by atoms with Gasteiger partial charge in [-0.1, -0.05) is 62.0 Å². The molecule has 0 spiro atoms. The van der Waals surface area contributed by atoms with Crippen molar-refractivity contribution in [2.75, 3.05) is 7.11 Å². The maximum absolute atomic E-state index is 11.0. The molecular formula is C21H32O5. The molecule has 0 radical (unpaired) electrons. The van der Waals surface area contributed by atoms with Gasteiger partial charge in [0.25, 0.3) is 0 Å². The van der Waals surface area contributed by atoms with Gasteiger partial charge in [-0.25, -0.2) is 0 Å². The van der Waals surface area contributed by atoms with Gasteiger partial charge >= 0.3 is 5.97 Å². The number of methoxy groups -OCH3 is 1. The Morgan fingerprint density at radius 3 is 2.62 bits per heavy atom. The molecule has 0 rings (SSSR count). The Morgan fingerprint density at radius 1 is 1.15 bits per heavy atom. The first-order valence-corrected chi connectivity index (χ1v) is 9.10. The summed E-state index contributed by atoms with van der Waals surface area (Å²) in [6.45, 7) is 2.17. The monoisotopic (exact) mass is 364 g/mol. The molecule has 3 N–H and O–H groups in total. The molecule has 0 aliphatic heterocycles. The SMILES string of the molecule is CCCCC/C=C\C[C@@H](O)/C=C/C=C/C#C[C@@H](O)C[C@H](O)CC(=O)OC. The molecule has 0 amide bonds. The number of esters is 1. The summed E-state index contributed by atoms with van der Waals surface area (Å²) in [5, 5.41) is 29.0. The lowest BCUT2D eigenvalue weighted by atomic mass is 10.1. The molecule has 0 heterocycles. The summed E-state index contributed by atoms with van der Waals surface area (Å²) >= 11 is 0. The van der Waals surface area contributed by atoms with E-state index in [0.29, 0.717) is 6.42 Å². The first kappa shape index (κ1) is 24.1. The van der Waals surface area contributed by atoms with E-state index in [4.69, 9.17) is 0 Å². The second-order valence-electron chi connectivity index (χ2n) is 5.99. The van der Waals surface area contributed by atoms with Crippen LogP contribution in [0.5, 0.6) is 0 Å². The summed E-state index contributed by atoms with van der Waals surface area (Å²) in [4.78, 5) is 11.0. The van der Waals surface area contributed by atoms with Crippen LogP contribution >= 0.6 is 0 Å². The third kappa shape index (κ3) is 15.6. The van der Waals surface area contributed by atoms with Crippen LogP contribution in [0.4, 0.5) is 0 Å². The Hall–Kier alpha value is -1.87. The van der Waals surface area contributed by atoms with Crippen molar-refractivity contribution in [2.24, 2.45) is 0 Å². The van der Waals surface area contributed by atoms with Crippen molar-refractivity contribution in [3.63, 3.8) is 0 Å². The third-order valence-corrected chi connectivity index (χ3v) is 3.52. The fourth-order valence-corrected chi connectivity index (χ4v) is 2.06. The zero-order valence-corrected chi connectivity index (χ0v) is 15.8. The summed E-state index contributed by atoms with van der Waals surface area (Å²) in [6.07, 6.45) is 13.2. The van der Waals surface area contributed by atoms with E-state index in [9.17, 15) is 20.1 Å². The second kappa shape index (κ2) is 16.6. The quantitative estimate of drug-likeness (QED) is 0.163. The summed E-state index contributed by atoms with van der Waals surface area (Å²) in [5.41, 5.74) is 0. The number of allylic oxidation sites excluding steroid dienone is 4. The van der Waals surface area contributed by atoms with Gasteiger partial charge in [-0.2, -0.15) is 0 Å². The Balaban J connectivity index is 4.01. The average molecular weight is 364 g/mol. The summed E-state index contributed by atoms with van der Waals surface area (Å²) in [6, 6.07) is 0. The molecule has 0 bridgehead atoms. The van der Waals surface area contributed by atoms with Crippen LogP contribution in [0.3, 0.4) is 0 Å². The van der Waals surface area contributed by atoms with E-state index in [1.54, 1.807) is 24.3 Å². The molecule has 0 fully saturated rings. The lowest BCUT2D eigenvalue weighted by molar-refractivity contribution is -0.143. The van der Waals surface area contributed by atoms with E-state index in [1.165, 1.54) is 26.4 Å². The zero-order valence-electron chi connectivity index (χ0n) is 15.8. The third-order valence-electron chi connectivity index (χ3n) is 3.52. The first-order valence-electron chi connectivity index (χ1n) is 9.10. The molecular weight excluding hydrogens is 332 g/mol. The molecule has 0 aliphatic carbocycles. The van der Waals surface area contributed by atoms with E-state index in [1.807, 2.05) is 6.08 Å². The predicted octanol–water partition coefficient (Wildman–Crippen LogP) is 2.66. The van der Waals surface area contributed by atoms with Gasteiger partial charge in [0, 0.05) is 6.42 Å². The molecule has 0 aromatic carbocycles. The van der Waals surface area contributed by atoms with Gasteiger partial charge in [0.15, 0.2) is 0 Å². The highest BCUT2D eigenvalue weighted by molar-refractivity contribution is 5.69. The van der Waals surface area contributed by atoms with Crippen molar-refractivity contribution < 1.29 is 24.9 Å². The van der Waals surface area contributed by atoms with Gasteiger partial charge < -0.3 is 20.1 Å². The summed E-state index contributed by atoms with van der Waals surface area (Å²) in [5.74, 6) is 4.67. The van der Waals surface area contributed by atoms with Crippen LogP contribution < -0.4 is 0 Å². The smallest absolute Gasteiger partial charge is 0.308 e. The Labute approximate surface area is 157 Å². The molecule has 146 valence electrons. The van der Waals surface area contributed by atoms with Crippen LogP contribution in [0.2, 0.25) is 0 Å². The Morgan fingerprint density at radius 2 is 1.92 bits per heavy atom. The zero-order chi connectivity index (χ0) is 19.6. The highest BCUT2D eigenvalue weighted by atomic mass is 16.5. The Kier molecular flexibility index (Phi) is 15.4. The highest BCUT2D eigenvalue weighted by Crippen LogP contribution is 2.03. The van der Waals surface area contributed by atoms with E-state index < -0.39 is 24.3 Å². The normalized spacial score (nSPS) is 15.1. The van der Waals surface area contributed by atoms with Crippen LogP contribution in [-0.4, -0.2) is 46.7 Å². The van der Waals surface area contributed by atoms with E-state index >= 15 is 0 Å². The van der Waals surface area contributed by atoms with Gasteiger partial charge in [0.2, 0.25) is 0 Å². The van der Waals surface area contributed by atoms with Crippen molar-refractivity contribution in [2.45, 2.75) is 70.2 Å². The number of unbranched alkanes of at least 4 members (excludes halogenated alkanes) is 3. The molecule has 0 aliphatic rings. The number of carbonyl (C=O) groups excluding carboxylic acids is 1. The molecule has 3 atom stereocenters. The molecule has 0 aromatic rings. The minimum absolute atomic E-state index is 0.0188. The molecule has 0 aromatic heterocycles. The molecule has 5 nitrogen and oxygen atoms in total. The van der Waals surface area contributed by atoms with E-state index in [0.717, 1.165) is 6.42 Å². The fraction of sp³-hybridized carbons (Fsp3) is 0.571. The second-order valence-corrected chi connectivity index (χ2v) is 5.99. The van der Waals surface area contributed by atoms with Gasteiger partial charge in [-0.3, -0.25) is 4.79 Å². The van der Waals surface area contributed by atoms with Gasteiger partial charge in [0.1, 0.15) is 6.10 Å². The van der Waals surface area contributed by atoms with E-state index in [-0.39, 0.29) is 12.8 Å². The van der Waals surface area contributed by atoms with Crippen LogP contribution in [0.1, 0.15) is 51.9 Å². The van der Waals surface area contributed by atoms with Gasteiger partial charge in [0.05, 0.1) is 25.7 Å². The standard InChI is InChI=1S/C21H32O5/c1-3-4-5-6-7-10-13-18(22)14-11-8-9-12-15-19(23)16-20(24)17-21(25)26-2/h7-11,14,18-20,22-24H,3-6,13,16-17H2,1-2H3/b9-8+,10-7-,14-11+/t18-,19-,20+/m1/s1. The van der Waals surface area contributed by atoms with Crippen molar-refractivity contribution in [1.29, 1.82) is 0 Å². The molecule has 26 heavy (non-hydrogen) atoms. The van der Waals surface area contributed by atoms with Gasteiger partial charge in [-0.05, 0) is 25.3 Å². The van der Waals surface area contributed by atoms with Gasteiger partial charge in [-0.15, -0.1) is 0 Å². The number of aliphatic hydroxyl groups is 3. The van der Waals surface area contributed by atoms with Crippen molar-refractivity contribution in [1.82, 2.24) is 0 Å². The van der Waals surface area contributed by atoms with Crippen LogP contribution in [0, 0.1) is 11.8 Å². The molecule has 0 unspecified atom stereocenters. The molecule has 0 saturated heterocycles. The summed E-state index contributed by atoms with van der Waals surface area (Å²) in [7, 11) is 1.24. The van der Waals surface area contributed by atoms with Crippen LogP contribution in [0.25, 0.3) is 0 Å². The number of aliphatic hydroxyl groups excluding tert-OH is 3. The van der Waals surface area contributed by atoms with Crippen LogP contribution in [-0.2, 0) is 9.53 Å². The predicted molar refractivity (Wildman–Crippen MR) is 103 cm³/mol. The number of hydrogen-bond acceptors (Lipinski definition) is 5. The van der Waals surface area contributed by atoms with Crippen molar-refractivity contribution in [3.05, 3.63) is 36.5 Å². The highest BCUT2D eigenvalue weighted by Gasteiger charge is 2.14. The number of ether oxygens (including phenoxy) is 1. The fourth-order valence-electron chi connectivity index (χ4n) is 2.06. The average Bonchev–Trinajstić information content (AvgIpc) is 2.60. The minimum atomic E-state index is -1.02. The minimum Gasteiger partial charge on any atom is -0.469 e. The first-order chi connectivity index (χ1) is 12.5. The maximum Gasteiger partial charge on any atom is 0.308 e. The van der Waals surface area contributed by atoms with Crippen molar-refractivity contribution >= 4 is 5.97 Å². The maximum atomic E-state index is 11.0. The lowest BCUT2D eigenvalue weighted by Crippen LogP contribution is -2.20. The topological polar surface area (TPSA) is 87.0 Å².